The highest BCUT2D eigenvalue weighted by Gasteiger charge is 2.32. The number of ether oxygens (including phenoxy) is 3. The SMILES string of the molecule is CCOc1ncc(C(=O)N[C@H]2COC[C@H]2Oc2cn[nH]c2)cc1Cl. The first-order valence-electron chi connectivity index (χ1n) is 7.49. The normalized spacial score (nSPS) is 19.9. The van der Waals surface area contributed by atoms with Gasteiger partial charge in [-0.25, -0.2) is 4.98 Å². The molecule has 0 saturated carbocycles. The Kier molecular flexibility index (Phi) is 5.17. The molecule has 0 radical (unpaired) electrons. The van der Waals surface area contributed by atoms with Crippen molar-refractivity contribution in [2.75, 3.05) is 19.8 Å². The minimum atomic E-state index is -0.302. The van der Waals surface area contributed by atoms with Gasteiger partial charge in [0, 0.05) is 6.20 Å². The number of nitrogens with one attached hydrogen (secondary N) is 2. The molecule has 1 aliphatic heterocycles. The van der Waals surface area contributed by atoms with Gasteiger partial charge in [-0.2, -0.15) is 5.10 Å². The van der Waals surface area contributed by atoms with Crippen molar-refractivity contribution in [3.05, 3.63) is 35.2 Å². The largest absolute Gasteiger partial charge is 0.482 e. The second kappa shape index (κ2) is 7.50. The number of H-pyrrole nitrogens is 1. The zero-order chi connectivity index (χ0) is 16.9. The van der Waals surface area contributed by atoms with Gasteiger partial charge in [-0.05, 0) is 13.0 Å². The molecule has 2 aromatic heterocycles. The quantitative estimate of drug-likeness (QED) is 0.816. The summed E-state index contributed by atoms with van der Waals surface area (Å²) in [7, 11) is 0. The molecule has 128 valence electrons. The van der Waals surface area contributed by atoms with Crippen molar-refractivity contribution in [2.45, 2.75) is 19.1 Å². The van der Waals surface area contributed by atoms with E-state index in [9.17, 15) is 4.79 Å². The first-order valence-corrected chi connectivity index (χ1v) is 7.87. The Bertz CT molecular complexity index is 695. The number of amides is 1. The van der Waals surface area contributed by atoms with Crippen LogP contribution in [0.3, 0.4) is 0 Å². The van der Waals surface area contributed by atoms with Crippen LogP contribution in [0.15, 0.2) is 24.7 Å². The smallest absolute Gasteiger partial charge is 0.253 e. The summed E-state index contributed by atoms with van der Waals surface area (Å²) in [5.41, 5.74) is 0.345. The molecule has 1 fully saturated rings. The predicted molar refractivity (Wildman–Crippen MR) is 85.5 cm³/mol. The van der Waals surface area contributed by atoms with Gasteiger partial charge in [-0.3, -0.25) is 9.89 Å². The fraction of sp³-hybridized carbons (Fsp3) is 0.400. The van der Waals surface area contributed by atoms with E-state index < -0.39 is 0 Å². The van der Waals surface area contributed by atoms with Crippen molar-refractivity contribution < 1.29 is 19.0 Å². The minimum absolute atomic E-state index is 0.280. The number of nitrogens with zero attached hydrogens (tertiary/aromatic N) is 2. The van der Waals surface area contributed by atoms with Crippen molar-refractivity contribution in [1.29, 1.82) is 0 Å². The standard InChI is InChI=1S/C15H17ClN4O4/c1-2-23-15-11(16)3-9(4-17-15)14(21)20-12-7-22-8-13(12)24-10-5-18-19-6-10/h3-6,12-13H,2,7-8H2,1H3,(H,18,19)(H,20,21)/t12-,13+/m0/s1. The molecule has 0 spiro atoms. The van der Waals surface area contributed by atoms with Gasteiger partial charge in [-0.1, -0.05) is 11.6 Å². The highest BCUT2D eigenvalue weighted by Crippen LogP contribution is 2.22. The number of aromatic nitrogens is 3. The van der Waals surface area contributed by atoms with Gasteiger partial charge in [-0.15, -0.1) is 0 Å². The lowest BCUT2D eigenvalue weighted by Crippen LogP contribution is -2.45. The molecule has 2 N–H and O–H groups in total. The Hall–Kier alpha value is -2.32. The summed E-state index contributed by atoms with van der Waals surface area (Å²) in [6, 6.07) is 1.24. The summed E-state index contributed by atoms with van der Waals surface area (Å²) in [6.07, 6.45) is 4.33. The molecule has 0 aliphatic carbocycles. The lowest BCUT2D eigenvalue weighted by atomic mass is 10.2. The summed E-state index contributed by atoms with van der Waals surface area (Å²) >= 11 is 6.07. The second-order valence-electron chi connectivity index (χ2n) is 5.15. The van der Waals surface area contributed by atoms with Gasteiger partial charge in [0.05, 0.1) is 43.8 Å². The van der Waals surface area contributed by atoms with Crippen LogP contribution in [-0.4, -0.2) is 53.1 Å². The molecule has 0 unspecified atom stereocenters. The Morgan fingerprint density at radius 1 is 1.50 bits per heavy atom. The van der Waals surface area contributed by atoms with Gasteiger partial charge < -0.3 is 19.5 Å². The molecule has 1 amide bonds. The molecule has 2 atom stereocenters. The highest BCUT2D eigenvalue weighted by molar-refractivity contribution is 6.32. The first-order chi connectivity index (χ1) is 11.7. The third-order valence-corrected chi connectivity index (χ3v) is 3.73. The predicted octanol–water partition coefficient (Wildman–Crippen LogP) is 1.43. The van der Waals surface area contributed by atoms with E-state index in [1.54, 1.807) is 12.4 Å². The summed E-state index contributed by atoms with van der Waals surface area (Å²) < 4.78 is 16.4. The summed E-state index contributed by atoms with van der Waals surface area (Å²) in [6.45, 7) is 3.04. The third kappa shape index (κ3) is 3.77. The van der Waals surface area contributed by atoms with Crippen molar-refractivity contribution in [1.82, 2.24) is 20.5 Å². The third-order valence-electron chi connectivity index (χ3n) is 3.46. The fourth-order valence-electron chi connectivity index (χ4n) is 2.31. The number of aromatic amines is 1. The molecule has 2 aromatic rings. The van der Waals surface area contributed by atoms with Gasteiger partial charge >= 0.3 is 0 Å². The van der Waals surface area contributed by atoms with Crippen LogP contribution in [0, 0.1) is 0 Å². The molecule has 0 aromatic carbocycles. The minimum Gasteiger partial charge on any atom is -0.482 e. The maximum absolute atomic E-state index is 12.4. The molecule has 0 bridgehead atoms. The van der Waals surface area contributed by atoms with E-state index >= 15 is 0 Å². The van der Waals surface area contributed by atoms with Crippen LogP contribution in [0.2, 0.25) is 5.02 Å². The number of rotatable bonds is 6. The van der Waals surface area contributed by atoms with E-state index in [0.29, 0.717) is 42.0 Å². The molecule has 8 nitrogen and oxygen atoms in total. The zero-order valence-corrected chi connectivity index (χ0v) is 13.7. The number of carbonyl (C=O) groups is 1. The lowest BCUT2D eigenvalue weighted by molar-refractivity contribution is 0.0903. The van der Waals surface area contributed by atoms with Crippen molar-refractivity contribution in [3.63, 3.8) is 0 Å². The zero-order valence-electron chi connectivity index (χ0n) is 13.0. The topological polar surface area (TPSA) is 98.4 Å². The number of hydrogen-bond acceptors (Lipinski definition) is 6. The second-order valence-corrected chi connectivity index (χ2v) is 5.56. The van der Waals surface area contributed by atoms with E-state index in [4.69, 9.17) is 25.8 Å². The van der Waals surface area contributed by atoms with E-state index in [0.717, 1.165) is 0 Å². The van der Waals surface area contributed by atoms with Gasteiger partial charge in [0.1, 0.15) is 11.1 Å². The molecule has 3 rings (SSSR count). The molecule has 3 heterocycles. The van der Waals surface area contributed by atoms with Crippen LogP contribution in [0.1, 0.15) is 17.3 Å². The van der Waals surface area contributed by atoms with Crippen LogP contribution in [-0.2, 0) is 4.74 Å². The van der Waals surface area contributed by atoms with Crippen LogP contribution in [0.5, 0.6) is 11.6 Å². The number of carbonyl (C=O) groups excluding carboxylic acids is 1. The van der Waals surface area contributed by atoms with Crippen molar-refractivity contribution in [2.24, 2.45) is 0 Å². The maximum Gasteiger partial charge on any atom is 0.253 e. The lowest BCUT2D eigenvalue weighted by Gasteiger charge is -2.19. The van der Waals surface area contributed by atoms with E-state index in [1.807, 2.05) is 6.92 Å². The Labute approximate surface area is 143 Å². The molecule has 9 heteroatoms. The molecule has 1 aliphatic rings. The average Bonchev–Trinajstić information content (AvgIpc) is 3.22. The van der Waals surface area contributed by atoms with Crippen LogP contribution < -0.4 is 14.8 Å². The molecular weight excluding hydrogens is 336 g/mol. The average molecular weight is 353 g/mol. The number of pyridine rings is 1. The van der Waals surface area contributed by atoms with Crippen LogP contribution in [0.4, 0.5) is 0 Å². The highest BCUT2D eigenvalue weighted by atomic mass is 35.5. The first kappa shape index (κ1) is 16.5. The summed E-state index contributed by atoms with van der Waals surface area (Å²) in [5.74, 6) is 0.598. The Morgan fingerprint density at radius 3 is 3.08 bits per heavy atom. The molecular formula is C15H17ClN4O4. The fourth-order valence-corrected chi connectivity index (χ4v) is 2.53. The van der Waals surface area contributed by atoms with Gasteiger partial charge in [0.15, 0.2) is 5.75 Å². The van der Waals surface area contributed by atoms with E-state index in [2.05, 4.69) is 20.5 Å². The number of hydrogen-bond donors (Lipinski definition) is 2. The Balaban J connectivity index is 1.64. The van der Waals surface area contributed by atoms with E-state index in [-0.39, 0.29) is 18.1 Å². The molecule has 24 heavy (non-hydrogen) atoms. The summed E-state index contributed by atoms with van der Waals surface area (Å²) in [5, 5.41) is 9.65. The monoisotopic (exact) mass is 352 g/mol. The van der Waals surface area contributed by atoms with Crippen molar-refractivity contribution >= 4 is 17.5 Å². The summed E-state index contributed by atoms with van der Waals surface area (Å²) in [4.78, 5) is 16.4. The van der Waals surface area contributed by atoms with Crippen LogP contribution in [0.25, 0.3) is 0 Å². The van der Waals surface area contributed by atoms with Crippen LogP contribution >= 0.6 is 11.6 Å². The van der Waals surface area contributed by atoms with Crippen molar-refractivity contribution in [3.8, 4) is 11.6 Å². The number of halogens is 1. The maximum atomic E-state index is 12.4. The van der Waals surface area contributed by atoms with Gasteiger partial charge in [0.25, 0.3) is 5.91 Å². The van der Waals surface area contributed by atoms with Gasteiger partial charge in [0.2, 0.25) is 5.88 Å². The molecule has 1 saturated heterocycles. The van der Waals surface area contributed by atoms with E-state index in [1.165, 1.54) is 12.3 Å². The Morgan fingerprint density at radius 2 is 2.38 bits per heavy atom.